The molecular formula is C27H33FN2O4. The van der Waals surface area contributed by atoms with Gasteiger partial charge in [0.05, 0.1) is 14.2 Å². The second kappa shape index (κ2) is 10.9. The minimum Gasteiger partial charge on any atom is -0.493 e. The second-order valence-corrected chi connectivity index (χ2v) is 9.20. The number of aryl methyl sites for hydroxylation is 1. The summed E-state index contributed by atoms with van der Waals surface area (Å²) in [6.45, 7) is 2.66. The number of hydrogen-bond donors (Lipinski definition) is 0. The molecule has 182 valence electrons. The van der Waals surface area contributed by atoms with E-state index in [4.69, 9.17) is 9.47 Å². The third-order valence-electron chi connectivity index (χ3n) is 7.02. The molecule has 2 aliphatic heterocycles. The van der Waals surface area contributed by atoms with Crippen molar-refractivity contribution in [3.05, 3.63) is 58.9 Å². The number of ether oxygens (including phenoxy) is 2. The second-order valence-electron chi connectivity index (χ2n) is 9.20. The van der Waals surface area contributed by atoms with E-state index in [0.717, 1.165) is 36.1 Å². The van der Waals surface area contributed by atoms with Gasteiger partial charge in [-0.05, 0) is 72.6 Å². The van der Waals surface area contributed by atoms with Crippen molar-refractivity contribution in [2.45, 2.75) is 45.1 Å². The van der Waals surface area contributed by atoms with Gasteiger partial charge in [-0.1, -0.05) is 12.1 Å². The quantitative estimate of drug-likeness (QED) is 0.617. The smallest absolute Gasteiger partial charge is 0.223 e. The molecule has 1 saturated heterocycles. The summed E-state index contributed by atoms with van der Waals surface area (Å²) in [5.41, 5.74) is 3.15. The molecule has 2 aliphatic rings. The van der Waals surface area contributed by atoms with E-state index >= 15 is 0 Å². The Hall–Kier alpha value is -3.09. The van der Waals surface area contributed by atoms with Crippen molar-refractivity contribution in [1.29, 1.82) is 0 Å². The zero-order valence-corrected chi connectivity index (χ0v) is 20.0. The van der Waals surface area contributed by atoms with E-state index in [0.29, 0.717) is 57.1 Å². The van der Waals surface area contributed by atoms with Gasteiger partial charge >= 0.3 is 0 Å². The molecule has 0 radical (unpaired) electrons. The number of rotatable bonds is 7. The van der Waals surface area contributed by atoms with Crippen molar-refractivity contribution in [2.75, 3.05) is 33.9 Å². The molecule has 1 fully saturated rings. The van der Waals surface area contributed by atoms with Gasteiger partial charge < -0.3 is 19.3 Å². The molecule has 0 N–H and O–H groups in total. The molecule has 6 nitrogen and oxygen atoms in total. The Morgan fingerprint density at radius 2 is 1.65 bits per heavy atom. The van der Waals surface area contributed by atoms with E-state index < -0.39 is 0 Å². The van der Waals surface area contributed by atoms with Crippen LogP contribution in [-0.4, -0.2) is 55.5 Å². The number of carbonyl (C=O) groups is 2. The number of hydrogen-bond acceptors (Lipinski definition) is 4. The molecule has 0 saturated carbocycles. The minimum absolute atomic E-state index is 0.103. The fraction of sp³-hybridized carbons (Fsp3) is 0.481. The average molecular weight is 469 g/mol. The van der Waals surface area contributed by atoms with E-state index in [9.17, 15) is 14.0 Å². The molecule has 2 heterocycles. The van der Waals surface area contributed by atoms with Gasteiger partial charge in [-0.3, -0.25) is 9.59 Å². The lowest BCUT2D eigenvalue weighted by atomic mass is 9.91. The van der Waals surface area contributed by atoms with Crippen molar-refractivity contribution < 1.29 is 23.5 Å². The first-order chi connectivity index (χ1) is 16.5. The number of likely N-dealkylation sites (tertiary alicyclic amines) is 1. The van der Waals surface area contributed by atoms with E-state index in [2.05, 4.69) is 0 Å². The molecule has 0 unspecified atom stereocenters. The number of amides is 2. The van der Waals surface area contributed by atoms with Crippen molar-refractivity contribution in [3.8, 4) is 11.5 Å². The Kier molecular flexibility index (Phi) is 7.70. The van der Waals surface area contributed by atoms with Gasteiger partial charge in [0, 0.05) is 39.0 Å². The fourth-order valence-electron chi connectivity index (χ4n) is 4.96. The normalized spacial score (nSPS) is 16.2. The van der Waals surface area contributed by atoms with Crippen LogP contribution in [0.3, 0.4) is 0 Å². The maximum atomic E-state index is 13.3. The van der Waals surface area contributed by atoms with E-state index in [1.807, 2.05) is 28.0 Å². The standard InChI is InChI=1S/C27H33FN2O4/c1-33-24-16-21-10-13-30(18-22(21)17-25(24)34-2)27(32)15-20-8-11-29(12-9-20)26(31)7-6-19-4-3-5-23(28)14-19/h3-5,14,16-17,20H,6-13,15,18H2,1-2H3. The number of fused-ring (bicyclic) bond motifs is 1. The molecule has 4 rings (SSSR count). The third kappa shape index (κ3) is 5.69. The Morgan fingerprint density at radius 1 is 0.941 bits per heavy atom. The highest BCUT2D eigenvalue weighted by Crippen LogP contribution is 2.33. The number of carbonyl (C=O) groups excluding carboxylic acids is 2. The molecule has 0 spiro atoms. The van der Waals surface area contributed by atoms with Gasteiger partial charge in [0.15, 0.2) is 11.5 Å². The summed E-state index contributed by atoms with van der Waals surface area (Å²) in [7, 11) is 3.25. The molecule has 0 atom stereocenters. The summed E-state index contributed by atoms with van der Waals surface area (Å²) in [6.07, 6.45) is 3.93. The average Bonchev–Trinajstić information content (AvgIpc) is 2.86. The number of nitrogens with zero attached hydrogens (tertiary/aromatic N) is 2. The van der Waals surface area contributed by atoms with E-state index in [-0.39, 0.29) is 17.6 Å². The molecule has 2 aromatic rings. The summed E-state index contributed by atoms with van der Waals surface area (Å²) in [5.74, 6) is 1.71. The molecule has 34 heavy (non-hydrogen) atoms. The summed E-state index contributed by atoms with van der Waals surface area (Å²) < 4.78 is 24.1. The Labute approximate surface area is 200 Å². The highest BCUT2D eigenvalue weighted by Gasteiger charge is 2.28. The van der Waals surface area contributed by atoms with Crippen LogP contribution in [-0.2, 0) is 29.0 Å². The van der Waals surface area contributed by atoms with E-state index in [1.165, 1.54) is 17.7 Å². The van der Waals surface area contributed by atoms with Crippen LogP contribution >= 0.6 is 0 Å². The van der Waals surface area contributed by atoms with Crippen LogP contribution in [0.1, 0.15) is 42.4 Å². The zero-order chi connectivity index (χ0) is 24.1. The molecule has 0 aliphatic carbocycles. The summed E-state index contributed by atoms with van der Waals surface area (Å²) >= 11 is 0. The van der Waals surface area contributed by atoms with Gasteiger partial charge in [-0.2, -0.15) is 0 Å². The number of benzene rings is 2. The number of methoxy groups -OCH3 is 2. The maximum absolute atomic E-state index is 13.3. The molecule has 2 amide bonds. The van der Waals surface area contributed by atoms with E-state index in [1.54, 1.807) is 20.3 Å². The first-order valence-corrected chi connectivity index (χ1v) is 12.0. The predicted octanol–water partition coefficient (Wildman–Crippen LogP) is 3.99. The van der Waals surface area contributed by atoms with Gasteiger partial charge in [0.25, 0.3) is 0 Å². The van der Waals surface area contributed by atoms with Crippen LogP contribution in [0.5, 0.6) is 11.5 Å². The largest absolute Gasteiger partial charge is 0.493 e. The lowest BCUT2D eigenvalue weighted by molar-refractivity contribution is -0.134. The third-order valence-corrected chi connectivity index (χ3v) is 7.02. The Bertz CT molecular complexity index is 1030. The Morgan fingerprint density at radius 3 is 2.32 bits per heavy atom. The minimum atomic E-state index is -0.272. The van der Waals surface area contributed by atoms with Crippen LogP contribution in [0.15, 0.2) is 36.4 Å². The van der Waals surface area contributed by atoms with Crippen LogP contribution in [0.4, 0.5) is 4.39 Å². The summed E-state index contributed by atoms with van der Waals surface area (Å²) in [5, 5.41) is 0. The maximum Gasteiger partial charge on any atom is 0.223 e. The van der Waals surface area contributed by atoms with Crippen molar-refractivity contribution >= 4 is 11.8 Å². The first-order valence-electron chi connectivity index (χ1n) is 12.0. The molecule has 2 aromatic carbocycles. The highest BCUT2D eigenvalue weighted by molar-refractivity contribution is 5.78. The lowest BCUT2D eigenvalue weighted by Gasteiger charge is -2.34. The summed E-state index contributed by atoms with van der Waals surface area (Å²) in [6, 6.07) is 10.4. The van der Waals surface area contributed by atoms with Crippen molar-refractivity contribution in [3.63, 3.8) is 0 Å². The van der Waals surface area contributed by atoms with Gasteiger partial charge in [-0.25, -0.2) is 4.39 Å². The first kappa shape index (κ1) is 24.0. The number of piperidine rings is 1. The van der Waals surface area contributed by atoms with Crippen molar-refractivity contribution in [2.24, 2.45) is 5.92 Å². The van der Waals surface area contributed by atoms with Crippen LogP contribution in [0.25, 0.3) is 0 Å². The molecule has 0 aromatic heterocycles. The monoisotopic (exact) mass is 468 g/mol. The molecular weight excluding hydrogens is 435 g/mol. The SMILES string of the molecule is COc1cc2c(cc1OC)CN(C(=O)CC1CCN(C(=O)CCc3cccc(F)c3)CC1)CC2. The number of halogens is 1. The molecule has 7 heteroatoms. The molecule has 0 bridgehead atoms. The van der Waals surface area contributed by atoms with Crippen LogP contribution in [0, 0.1) is 11.7 Å². The summed E-state index contributed by atoms with van der Waals surface area (Å²) in [4.78, 5) is 29.4. The Balaban J connectivity index is 1.24. The van der Waals surface area contributed by atoms with Gasteiger partial charge in [0.1, 0.15) is 5.82 Å². The topological polar surface area (TPSA) is 59.1 Å². The van der Waals surface area contributed by atoms with Crippen LogP contribution in [0.2, 0.25) is 0 Å². The highest BCUT2D eigenvalue weighted by atomic mass is 19.1. The van der Waals surface area contributed by atoms with Crippen LogP contribution < -0.4 is 9.47 Å². The van der Waals surface area contributed by atoms with Gasteiger partial charge in [-0.15, -0.1) is 0 Å². The zero-order valence-electron chi connectivity index (χ0n) is 20.0. The fourth-order valence-corrected chi connectivity index (χ4v) is 4.96. The predicted molar refractivity (Wildman–Crippen MR) is 127 cm³/mol. The lowest BCUT2D eigenvalue weighted by Crippen LogP contribution is -2.41. The van der Waals surface area contributed by atoms with Gasteiger partial charge in [0.2, 0.25) is 11.8 Å². The van der Waals surface area contributed by atoms with Crippen molar-refractivity contribution in [1.82, 2.24) is 9.80 Å².